The maximum absolute atomic E-state index is 6.62. The molecule has 0 bridgehead atoms. The Bertz CT molecular complexity index is 2200. The third-order valence-corrected chi connectivity index (χ3v) is 12.4. The molecular weight excluding hydrogens is 579 g/mol. The predicted molar refractivity (Wildman–Crippen MR) is 191 cm³/mol. The van der Waals surface area contributed by atoms with Crippen LogP contribution in [0.25, 0.3) is 50.3 Å². The lowest BCUT2D eigenvalue weighted by atomic mass is 9.77. The van der Waals surface area contributed by atoms with Gasteiger partial charge in [0.15, 0.2) is 29.7 Å². The van der Waals surface area contributed by atoms with Gasteiger partial charge in [-0.3, -0.25) is 0 Å². The van der Waals surface area contributed by atoms with Crippen molar-refractivity contribution in [1.29, 1.82) is 0 Å². The van der Waals surface area contributed by atoms with E-state index in [1.165, 1.54) is 27.9 Å². The van der Waals surface area contributed by atoms with Gasteiger partial charge in [0.2, 0.25) is 17.1 Å². The van der Waals surface area contributed by atoms with Crippen LogP contribution < -0.4 is 14.3 Å². The number of aromatic nitrogens is 3. The Morgan fingerprint density at radius 3 is 2.52 bits per heavy atom. The molecule has 2 aromatic carbocycles. The van der Waals surface area contributed by atoms with Crippen molar-refractivity contribution < 1.29 is 13.6 Å². The second-order valence-corrected chi connectivity index (χ2v) is 19.8. The van der Waals surface area contributed by atoms with Gasteiger partial charge >= 0.3 is 0 Å². The summed E-state index contributed by atoms with van der Waals surface area (Å²) in [6.07, 6.45) is 7.59. The topological polar surface area (TPSA) is 33.8 Å². The normalized spacial score (nSPS) is 17.8. The summed E-state index contributed by atoms with van der Waals surface area (Å²) in [6, 6.07) is 27.2. The van der Waals surface area contributed by atoms with Gasteiger partial charge in [-0.2, -0.15) is 9.13 Å². The Labute approximate surface area is 273 Å². The van der Waals surface area contributed by atoms with Crippen LogP contribution in [0.4, 0.5) is 0 Å². The van der Waals surface area contributed by atoms with E-state index in [9.17, 15) is 0 Å². The largest absolute Gasteiger partial charge is 0.437 e. The average Bonchev–Trinajstić information content (AvgIpc) is 3.40. The molecule has 46 heavy (non-hydrogen) atoms. The Morgan fingerprint density at radius 1 is 0.935 bits per heavy atom. The number of pyridine rings is 3. The Balaban J connectivity index is 1.37. The molecule has 0 amide bonds. The molecule has 0 fully saturated rings. The van der Waals surface area contributed by atoms with Gasteiger partial charge in [0, 0.05) is 51.3 Å². The van der Waals surface area contributed by atoms with Crippen LogP contribution in [0.1, 0.15) is 67.0 Å². The third kappa shape index (κ3) is 4.51. The molecule has 4 aromatic heterocycles. The van der Waals surface area contributed by atoms with Crippen molar-refractivity contribution in [3.63, 3.8) is 0 Å². The zero-order valence-corrected chi connectivity index (χ0v) is 28.9. The highest BCUT2D eigenvalue weighted by Crippen LogP contribution is 2.45. The molecule has 0 N–H and O–H groups in total. The first kappa shape index (κ1) is 29.1. The van der Waals surface area contributed by atoms with E-state index in [0.29, 0.717) is 17.5 Å². The van der Waals surface area contributed by atoms with Crippen LogP contribution in [-0.4, -0.2) is 13.1 Å². The highest BCUT2D eigenvalue weighted by Gasteiger charge is 2.44. The smallest absolute Gasteiger partial charge is 0.227 e. The number of allylic oxidation sites excluding steroid dienone is 1. The fraction of sp³-hybridized carbons (Fsp3) is 0.293. The quantitative estimate of drug-likeness (QED) is 0.143. The number of furan rings is 1. The Morgan fingerprint density at radius 2 is 1.72 bits per heavy atom. The first-order valence-electron chi connectivity index (χ1n) is 16.8. The van der Waals surface area contributed by atoms with Crippen LogP contribution in [0.15, 0.2) is 96.2 Å². The van der Waals surface area contributed by atoms with Gasteiger partial charge < -0.3 is 4.42 Å². The van der Waals surface area contributed by atoms with E-state index >= 15 is 0 Å². The van der Waals surface area contributed by atoms with E-state index in [1.54, 1.807) is 5.19 Å². The van der Waals surface area contributed by atoms with Crippen LogP contribution in [0.2, 0.25) is 19.6 Å². The average molecular weight is 622 g/mol. The van der Waals surface area contributed by atoms with Crippen molar-refractivity contribution in [3.8, 4) is 22.5 Å². The molecule has 2 unspecified atom stereocenters. The van der Waals surface area contributed by atoms with Gasteiger partial charge in [0.05, 0.1) is 20.1 Å². The molecule has 0 saturated heterocycles. The fourth-order valence-corrected chi connectivity index (χ4v) is 9.89. The molecule has 5 heteroatoms. The molecule has 2 atom stereocenters. The zero-order chi connectivity index (χ0) is 31.9. The summed E-state index contributed by atoms with van der Waals surface area (Å²) in [5.41, 5.74) is 13.0. The lowest BCUT2D eigenvalue weighted by Crippen LogP contribution is -2.54. The van der Waals surface area contributed by atoms with Gasteiger partial charge in [-0.25, -0.2) is 4.98 Å². The molecular formula is C41H43N3OSi+2. The summed E-state index contributed by atoms with van der Waals surface area (Å²) in [7, 11) is -1.62. The molecule has 8 rings (SSSR count). The minimum Gasteiger partial charge on any atom is -0.437 e. The summed E-state index contributed by atoms with van der Waals surface area (Å²) in [5, 5.41) is 3.75. The van der Waals surface area contributed by atoms with Gasteiger partial charge in [-0.1, -0.05) is 63.8 Å². The van der Waals surface area contributed by atoms with Crippen molar-refractivity contribution in [2.75, 3.05) is 0 Å². The SMILES string of the molecule is C=C1CC2C(CCc3ccc4c(oc5nc(C)ccc54)c3-c3cccc[n+]31)c1ccccc1-c1cc(C(C)C)c([Si](C)(C)C)c[n+]12. The molecule has 0 aliphatic carbocycles. The van der Waals surface area contributed by atoms with E-state index in [-0.39, 0.29) is 6.04 Å². The highest BCUT2D eigenvalue weighted by atomic mass is 28.3. The van der Waals surface area contributed by atoms with Crippen LogP contribution in [0, 0.1) is 6.92 Å². The third-order valence-electron chi connectivity index (χ3n) is 10.4. The molecule has 2 aliphatic rings. The molecule has 0 saturated carbocycles. The summed E-state index contributed by atoms with van der Waals surface area (Å²) in [5.74, 6) is 0.823. The molecule has 230 valence electrons. The van der Waals surface area contributed by atoms with Gasteiger partial charge in [-0.15, -0.1) is 0 Å². The first-order chi connectivity index (χ1) is 22.1. The maximum Gasteiger partial charge on any atom is 0.227 e. The molecule has 0 radical (unpaired) electrons. The lowest BCUT2D eigenvalue weighted by Gasteiger charge is -2.33. The number of hydrogen-bond acceptors (Lipinski definition) is 2. The minimum atomic E-state index is -1.62. The predicted octanol–water partition coefficient (Wildman–Crippen LogP) is 9.01. The molecule has 0 spiro atoms. The van der Waals surface area contributed by atoms with Crippen LogP contribution in [0.5, 0.6) is 0 Å². The summed E-state index contributed by atoms with van der Waals surface area (Å²) >= 11 is 0. The van der Waals surface area contributed by atoms with E-state index in [4.69, 9.17) is 16.0 Å². The second kappa shape index (κ2) is 10.6. The Kier molecular flexibility index (Phi) is 6.70. The van der Waals surface area contributed by atoms with E-state index < -0.39 is 8.07 Å². The Hall–Kier alpha value is -4.35. The number of aryl methyl sites for hydroxylation is 2. The monoisotopic (exact) mass is 621 g/mol. The van der Waals surface area contributed by atoms with E-state index in [1.807, 2.05) is 6.92 Å². The minimum absolute atomic E-state index is 0.262. The maximum atomic E-state index is 6.62. The van der Waals surface area contributed by atoms with Crippen LogP contribution in [0.3, 0.4) is 0 Å². The van der Waals surface area contributed by atoms with Crippen LogP contribution in [-0.2, 0) is 6.42 Å². The first-order valence-corrected chi connectivity index (χ1v) is 20.3. The zero-order valence-electron chi connectivity index (χ0n) is 27.9. The number of benzene rings is 2. The van der Waals surface area contributed by atoms with Crippen molar-refractivity contribution in [2.45, 2.75) is 77.6 Å². The van der Waals surface area contributed by atoms with Crippen molar-refractivity contribution >= 4 is 41.0 Å². The van der Waals surface area contributed by atoms with Crippen molar-refractivity contribution in [2.24, 2.45) is 0 Å². The molecule has 6 heterocycles. The number of nitrogens with zero attached hydrogens (tertiary/aromatic N) is 3. The lowest BCUT2D eigenvalue weighted by molar-refractivity contribution is -0.719. The van der Waals surface area contributed by atoms with Gasteiger partial charge in [0.1, 0.15) is 0 Å². The fourth-order valence-electron chi connectivity index (χ4n) is 8.14. The van der Waals surface area contributed by atoms with Crippen molar-refractivity contribution in [1.82, 2.24) is 4.98 Å². The van der Waals surface area contributed by atoms with Crippen LogP contribution >= 0.6 is 0 Å². The summed E-state index contributed by atoms with van der Waals surface area (Å²) < 4.78 is 11.6. The summed E-state index contributed by atoms with van der Waals surface area (Å²) in [6.45, 7) is 19.0. The molecule has 4 nitrogen and oxygen atoms in total. The van der Waals surface area contributed by atoms with Gasteiger partial charge in [-0.05, 0) is 73.2 Å². The number of hydrogen-bond donors (Lipinski definition) is 0. The molecule has 2 aliphatic heterocycles. The van der Waals surface area contributed by atoms with Gasteiger partial charge in [0.25, 0.3) is 0 Å². The highest BCUT2D eigenvalue weighted by molar-refractivity contribution is 6.89. The van der Waals surface area contributed by atoms with Crippen molar-refractivity contribution in [3.05, 3.63) is 114 Å². The van der Waals surface area contributed by atoms with E-state index in [0.717, 1.165) is 58.3 Å². The van der Waals surface area contributed by atoms with E-state index in [2.05, 4.69) is 128 Å². The summed E-state index contributed by atoms with van der Waals surface area (Å²) in [4.78, 5) is 4.76. The molecule has 6 aromatic rings. The standard InChI is InChI=1S/C41H43N3OSi/c1-25(2)34-23-37-30-13-9-8-12-29(30)31-19-16-28-17-20-32-33-18-15-26(3)42-41(33)45-40(32)39(28)35-14-10-11-21-43(35)27(4)22-36(31)44(37)24-38(34)46(5,6)7/h8-15,17-18,20-21,23-25,31,36H,4,16,19,22H2,1-3,5-7H3/q+2. The number of fused-ring (bicyclic) bond motifs is 13. The number of rotatable bonds is 2. The second-order valence-electron chi connectivity index (χ2n) is 14.7.